The first kappa shape index (κ1) is 18.1. The molecule has 3 aromatic rings. The summed E-state index contributed by atoms with van der Waals surface area (Å²) in [6, 6.07) is 6.66. The van der Waals surface area contributed by atoms with Crippen molar-refractivity contribution >= 4 is 33.4 Å². The number of carbonyl (C=O) groups is 2. The summed E-state index contributed by atoms with van der Waals surface area (Å²) in [5.74, 6) is -2.07. The molecule has 0 bridgehead atoms. The maximum absolute atomic E-state index is 13.2. The largest absolute Gasteiger partial charge is 0.480 e. The molecule has 0 aliphatic heterocycles. The number of rotatable bonds is 5. The topological polar surface area (TPSA) is 84.2 Å². The summed E-state index contributed by atoms with van der Waals surface area (Å²) in [5, 5.41) is 17.1. The molecule has 2 N–H and O–H groups in total. The number of amides is 1. The van der Waals surface area contributed by atoms with Crippen molar-refractivity contribution < 1.29 is 19.1 Å². The molecule has 2 heterocycles. The SMILES string of the molecule is Cc1nn(-c2ccc(F)cc2)c2sc(C(=O)N[C@H](C(=O)O)C(C)C)cc12. The van der Waals surface area contributed by atoms with E-state index in [1.165, 1.54) is 23.5 Å². The van der Waals surface area contributed by atoms with Crippen LogP contribution in [-0.2, 0) is 4.79 Å². The standard InChI is InChI=1S/C18H18FN3O3S/c1-9(2)15(18(24)25)20-16(23)14-8-13-10(3)21-22(17(13)26-14)12-6-4-11(19)5-7-12/h4-9,15H,1-3H3,(H,20,23)(H,24,25)/t15-/m0/s1. The Morgan fingerprint density at radius 1 is 1.27 bits per heavy atom. The summed E-state index contributed by atoms with van der Waals surface area (Å²) >= 11 is 1.22. The molecule has 0 unspecified atom stereocenters. The second-order valence-corrected chi connectivity index (χ2v) is 7.37. The Morgan fingerprint density at radius 3 is 2.50 bits per heavy atom. The average molecular weight is 375 g/mol. The monoisotopic (exact) mass is 375 g/mol. The van der Waals surface area contributed by atoms with Gasteiger partial charge in [-0.15, -0.1) is 11.3 Å². The van der Waals surface area contributed by atoms with Gasteiger partial charge in [0.2, 0.25) is 0 Å². The molecule has 1 atom stereocenters. The number of fused-ring (bicyclic) bond motifs is 1. The van der Waals surface area contributed by atoms with Gasteiger partial charge in [0.15, 0.2) is 0 Å². The maximum Gasteiger partial charge on any atom is 0.326 e. The van der Waals surface area contributed by atoms with E-state index in [1.807, 2.05) is 6.92 Å². The molecule has 0 saturated heterocycles. The smallest absolute Gasteiger partial charge is 0.326 e. The predicted molar refractivity (Wildman–Crippen MR) is 97.4 cm³/mol. The molecule has 0 saturated carbocycles. The van der Waals surface area contributed by atoms with E-state index in [1.54, 1.807) is 36.7 Å². The molecular weight excluding hydrogens is 357 g/mol. The number of aliphatic carboxylic acids is 1. The van der Waals surface area contributed by atoms with Gasteiger partial charge in [-0.25, -0.2) is 13.9 Å². The van der Waals surface area contributed by atoms with Gasteiger partial charge in [0.1, 0.15) is 16.7 Å². The van der Waals surface area contributed by atoms with Crippen LogP contribution in [0.1, 0.15) is 29.2 Å². The van der Waals surface area contributed by atoms with Crippen molar-refractivity contribution in [2.24, 2.45) is 5.92 Å². The van der Waals surface area contributed by atoms with Gasteiger partial charge in [0.05, 0.1) is 16.3 Å². The van der Waals surface area contributed by atoms with Crippen LogP contribution in [0.15, 0.2) is 30.3 Å². The zero-order valence-electron chi connectivity index (χ0n) is 14.5. The van der Waals surface area contributed by atoms with E-state index in [9.17, 15) is 19.1 Å². The molecule has 136 valence electrons. The molecule has 0 fully saturated rings. The van der Waals surface area contributed by atoms with E-state index < -0.39 is 17.9 Å². The molecule has 6 nitrogen and oxygen atoms in total. The number of aryl methyl sites for hydroxylation is 1. The van der Waals surface area contributed by atoms with Gasteiger partial charge in [-0.3, -0.25) is 4.79 Å². The van der Waals surface area contributed by atoms with E-state index in [0.717, 1.165) is 15.9 Å². The van der Waals surface area contributed by atoms with Gasteiger partial charge < -0.3 is 10.4 Å². The van der Waals surface area contributed by atoms with Crippen LogP contribution >= 0.6 is 11.3 Å². The third kappa shape index (κ3) is 3.32. The Hall–Kier alpha value is -2.74. The number of thiophene rings is 1. The van der Waals surface area contributed by atoms with Gasteiger partial charge in [-0.1, -0.05) is 13.8 Å². The molecule has 0 aliphatic carbocycles. The number of hydrogen-bond donors (Lipinski definition) is 2. The quantitative estimate of drug-likeness (QED) is 0.716. The van der Waals surface area contributed by atoms with Crippen LogP contribution in [0.4, 0.5) is 4.39 Å². The summed E-state index contributed by atoms with van der Waals surface area (Å²) in [6.45, 7) is 5.30. The lowest BCUT2D eigenvalue weighted by atomic mass is 10.0. The first-order valence-corrected chi connectivity index (χ1v) is 8.88. The van der Waals surface area contributed by atoms with Crippen molar-refractivity contribution in [3.8, 4) is 5.69 Å². The Labute approximate surface area is 153 Å². The second kappa shape index (κ2) is 6.87. The number of aromatic nitrogens is 2. The molecular formula is C18H18FN3O3S. The highest BCUT2D eigenvalue weighted by Crippen LogP contribution is 2.30. The van der Waals surface area contributed by atoms with Crippen LogP contribution in [-0.4, -0.2) is 32.8 Å². The fourth-order valence-electron chi connectivity index (χ4n) is 2.64. The van der Waals surface area contributed by atoms with E-state index in [0.29, 0.717) is 10.6 Å². The number of carboxylic acid groups (broad SMARTS) is 1. The maximum atomic E-state index is 13.2. The zero-order chi connectivity index (χ0) is 19.0. The number of hydrogen-bond acceptors (Lipinski definition) is 4. The summed E-state index contributed by atoms with van der Waals surface area (Å²) < 4.78 is 14.8. The fourth-order valence-corrected chi connectivity index (χ4v) is 3.73. The van der Waals surface area contributed by atoms with Gasteiger partial charge in [-0.2, -0.15) is 5.10 Å². The van der Waals surface area contributed by atoms with Crippen molar-refractivity contribution in [1.82, 2.24) is 15.1 Å². The molecule has 3 rings (SSSR count). The molecule has 1 aromatic carbocycles. The van der Waals surface area contributed by atoms with Crippen LogP contribution < -0.4 is 5.32 Å². The van der Waals surface area contributed by atoms with Crippen LogP contribution in [0, 0.1) is 18.7 Å². The lowest BCUT2D eigenvalue weighted by Crippen LogP contribution is -2.44. The Kier molecular flexibility index (Phi) is 4.78. The number of benzene rings is 1. The highest BCUT2D eigenvalue weighted by atomic mass is 32.1. The highest BCUT2D eigenvalue weighted by Gasteiger charge is 2.25. The Balaban J connectivity index is 1.97. The summed E-state index contributed by atoms with van der Waals surface area (Å²) in [4.78, 5) is 24.9. The van der Waals surface area contributed by atoms with Crippen molar-refractivity contribution in [2.45, 2.75) is 26.8 Å². The minimum atomic E-state index is -1.07. The average Bonchev–Trinajstić information content (AvgIpc) is 3.14. The lowest BCUT2D eigenvalue weighted by molar-refractivity contribution is -0.140. The summed E-state index contributed by atoms with van der Waals surface area (Å²) in [7, 11) is 0. The van der Waals surface area contributed by atoms with E-state index >= 15 is 0 Å². The number of nitrogens with one attached hydrogen (secondary N) is 1. The van der Waals surface area contributed by atoms with E-state index in [-0.39, 0.29) is 11.7 Å². The highest BCUT2D eigenvalue weighted by molar-refractivity contribution is 7.20. The van der Waals surface area contributed by atoms with Crippen LogP contribution in [0.2, 0.25) is 0 Å². The van der Waals surface area contributed by atoms with Gasteiger partial charge in [0.25, 0.3) is 5.91 Å². The van der Waals surface area contributed by atoms with Gasteiger partial charge >= 0.3 is 5.97 Å². The fraction of sp³-hybridized carbons (Fsp3) is 0.278. The molecule has 0 aliphatic rings. The van der Waals surface area contributed by atoms with Crippen LogP contribution in [0.5, 0.6) is 0 Å². The summed E-state index contributed by atoms with van der Waals surface area (Å²) in [5.41, 5.74) is 1.42. The van der Waals surface area contributed by atoms with E-state index in [2.05, 4.69) is 10.4 Å². The van der Waals surface area contributed by atoms with Crippen LogP contribution in [0.25, 0.3) is 15.9 Å². The minimum Gasteiger partial charge on any atom is -0.480 e. The van der Waals surface area contributed by atoms with Crippen molar-refractivity contribution in [1.29, 1.82) is 0 Å². The number of halogens is 1. The second-order valence-electron chi connectivity index (χ2n) is 6.34. The molecule has 0 radical (unpaired) electrons. The first-order chi connectivity index (χ1) is 12.3. The van der Waals surface area contributed by atoms with Gasteiger partial charge in [0, 0.05) is 5.39 Å². The van der Waals surface area contributed by atoms with Crippen molar-refractivity contribution in [3.63, 3.8) is 0 Å². The van der Waals surface area contributed by atoms with Crippen LogP contribution in [0.3, 0.4) is 0 Å². The third-order valence-corrected chi connectivity index (χ3v) is 5.17. The molecule has 26 heavy (non-hydrogen) atoms. The lowest BCUT2D eigenvalue weighted by Gasteiger charge is -2.17. The molecule has 1 amide bonds. The van der Waals surface area contributed by atoms with Crippen molar-refractivity contribution in [2.75, 3.05) is 0 Å². The van der Waals surface area contributed by atoms with Gasteiger partial charge in [-0.05, 0) is 43.2 Å². The summed E-state index contributed by atoms with van der Waals surface area (Å²) in [6.07, 6.45) is 0. The predicted octanol–water partition coefficient (Wildman–Crippen LogP) is 3.37. The minimum absolute atomic E-state index is 0.234. The molecule has 8 heteroatoms. The Morgan fingerprint density at radius 2 is 1.92 bits per heavy atom. The number of nitrogens with zero attached hydrogens (tertiary/aromatic N) is 2. The van der Waals surface area contributed by atoms with E-state index in [4.69, 9.17) is 0 Å². The third-order valence-electron chi connectivity index (χ3n) is 4.06. The number of carboxylic acids is 1. The Bertz CT molecular complexity index is 976. The normalized spacial score (nSPS) is 12.5. The molecule has 0 spiro atoms. The first-order valence-electron chi connectivity index (χ1n) is 8.06. The van der Waals surface area contributed by atoms with Crippen molar-refractivity contribution in [3.05, 3.63) is 46.7 Å². The number of carbonyl (C=O) groups excluding carboxylic acids is 1. The zero-order valence-corrected chi connectivity index (χ0v) is 15.3. The molecule has 2 aromatic heterocycles.